The Hall–Kier alpha value is -2.20. The standard InChI is InChI=1S/C15H16N2O2/c1-11-2-4-12(5-3-11)9-17-15(19)13-6-7-16-14(8-13)10-18/h2-8,18H,9-10H2,1H3,(H,17,19). The third-order valence-corrected chi connectivity index (χ3v) is 2.81. The molecule has 0 aliphatic heterocycles. The number of carbonyl (C=O) groups is 1. The summed E-state index contributed by atoms with van der Waals surface area (Å²) in [4.78, 5) is 15.9. The number of amides is 1. The number of pyridine rings is 1. The molecule has 4 nitrogen and oxygen atoms in total. The SMILES string of the molecule is Cc1ccc(CNC(=O)c2ccnc(CO)c2)cc1. The van der Waals surface area contributed by atoms with Gasteiger partial charge in [-0.25, -0.2) is 0 Å². The van der Waals surface area contributed by atoms with Crippen molar-refractivity contribution >= 4 is 5.91 Å². The van der Waals surface area contributed by atoms with Crippen molar-refractivity contribution in [2.75, 3.05) is 0 Å². The number of aryl methyl sites for hydroxylation is 1. The van der Waals surface area contributed by atoms with Crippen molar-refractivity contribution in [3.8, 4) is 0 Å². The molecule has 0 saturated heterocycles. The van der Waals surface area contributed by atoms with Gasteiger partial charge in [0.2, 0.25) is 0 Å². The van der Waals surface area contributed by atoms with Crippen LogP contribution in [-0.2, 0) is 13.2 Å². The van der Waals surface area contributed by atoms with Crippen LogP contribution in [0.4, 0.5) is 0 Å². The van der Waals surface area contributed by atoms with Crippen LogP contribution < -0.4 is 5.32 Å². The van der Waals surface area contributed by atoms with Crippen LogP contribution in [0.15, 0.2) is 42.6 Å². The van der Waals surface area contributed by atoms with Crippen LogP contribution in [0.2, 0.25) is 0 Å². The minimum atomic E-state index is -0.169. The van der Waals surface area contributed by atoms with E-state index in [1.54, 1.807) is 12.1 Å². The van der Waals surface area contributed by atoms with Gasteiger partial charge < -0.3 is 10.4 Å². The van der Waals surface area contributed by atoms with Crippen LogP contribution in [0.1, 0.15) is 27.2 Å². The highest BCUT2D eigenvalue weighted by atomic mass is 16.3. The predicted molar refractivity (Wildman–Crippen MR) is 72.5 cm³/mol. The number of aromatic nitrogens is 1. The number of hydrogen-bond donors (Lipinski definition) is 2. The van der Waals surface area contributed by atoms with Gasteiger partial charge in [0.1, 0.15) is 0 Å². The highest BCUT2D eigenvalue weighted by Crippen LogP contribution is 2.05. The molecule has 2 aromatic rings. The number of nitrogens with zero attached hydrogens (tertiary/aromatic N) is 1. The highest BCUT2D eigenvalue weighted by Gasteiger charge is 2.06. The molecule has 2 rings (SSSR count). The lowest BCUT2D eigenvalue weighted by Crippen LogP contribution is -2.23. The largest absolute Gasteiger partial charge is 0.390 e. The molecule has 0 spiro atoms. The Balaban J connectivity index is 1.99. The average Bonchev–Trinajstić information content (AvgIpc) is 2.46. The minimum absolute atomic E-state index is 0.168. The number of rotatable bonds is 4. The van der Waals surface area contributed by atoms with Crippen molar-refractivity contribution in [3.63, 3.8) is 0 Å². The smallest absolute Gasteiger partial charge is 0.251 e. The lowest BCUT2D eigenvalue weighted by atomic mass is 10.1. The molecule has 19 heavy (non-hydrogen) atoms. The van der Waals surface area contributed by atoms with E-state index < -0.39 is 0 Å². The molecule has 4 heteroatoms. The van der Waals surface area contributed by atoms with E-state index in [0.717, 1.165) is 5.56 Å². The molecule has 1 aromatic carbocycles. The van der Waals surface area contributed by atoms with Gasteiger partial charge in [0.25, 0.3) is 5.91 Å². The van der Waals surface area contributed by atoms with Gasteiger partial charge in [-0.15, -0.1) is 0 Å². The Labute approximate surface area is 112 Å². The lowest BCUT2D eigenvalue weighted by molar-refractivity contribution is 0.0950. The summed E-state index contributed by atoms with van der Waals surface area (Å²) in [5, 5.41) is 11.8. The molecule has 1 amide bonds. The number of aliphatic hydroxyl groups excluding tert-OH is 1. The normalized spacial score (nSPS) is 10.2. The topological polar surface area (TPSA) is 62.2 Å². The lowest BCUT2D eigenvalue weighted by Gasteiger charge is -2.06. The first-order valence-electron chi connectivity index (χ1n) is 6.08. The Bertz CT molecular complexity index is 565. The fourth-order valence-corrected chi connectivity index (χ4v) is 1.70. The summed E-state index contributed by atoms with van der Waals surface area (Å²) in [7, 11) is 0. The second-order valence-electron chi connectivity index (χ2n) is 4.36. The van der Waals surface area contributed by atoms with E-state index in [1.165, 1.54) is 11.8 Å². The molecule has 0 bridgehead atoms. The molecule has 0 fully saturated rings. The molecule has 2 N–H and O–H groups in total. The summed E-state index contributed by atoms with van der Waals surface area (Å²) in [6.07, 6.45) is 1.52. The maximum absolute atomic E-state index is 11.9. The second kappa shape index (κ2) is 6.11. The third-order valence-electron chi connectivity index (χ3n) is 2.81. The van der Waals surface area contributed by atoms with Crippen LogP contribution in [0, 0.1) is 6.92 Å². The van der Waals surface area contributed by atoms with E-state index in [1.807, 2.05) is 31.2 Å². The zero-order valence-electron chi connectivity index (χ0n) is 10.8. The molecule has 0 aliphatic carbocycles. The molecular weight excluding hydrogens is 240 g/mol. The number of benzene rings is 1. The van der Waals surface area contributed by atoms with Crippen molar-refractivity contribution in [1.82, 2.24) is 10.3 Å². The van der Waals surface area contributed by atoms with Crippen LogP contribution >= 0.6 is 0 Å². The first-order chi connectivity index (χ1) is 9.19. The summed E-state index contributed by atoms with van der Waals surface area (Å²) < 4.78 is 0. The first kappa shape index (κ1) is 13.2. The van der Waals surface area contributed by atoms with E-state index >= 15 is 0 Å². The zero-order chi connectivity index (χ0) is 13.7. The minimum Gasteiger partial charge on any atom is -0.390 e. The maximum Gasteiger partial charge on any atom is 0.251 e. The van der Waals surface area contributed by atoms with E-state index in [-0.39, 0.29) is 12.5 Å². The van der Waals surface area contributed by atoms with Crippen LogP contribution in [0.3, 0.4) is 0 Å². The van der Waals surface area contributed by atoms with E-state index in [9.17, 15) is 4.79 Å². The van der Waals surface area contributed by atoms with Gasteiger partial charge in [0.15, 0.2) is 0 Å². The monoisotopic (exact) mass is 256 g/mol. The quantitative estimate of drug-likeness (QED) is 0.877. The molecule has 0 unspecified atom stereocenters. The van der Waals surface area contributed by atoms with Crippen molar-refractivity contribution in [2.24, 2.45) is 0 Å². The summed E-state index contributed by atoms with van der Waals surface area (Å²) >= 11 is 0. The zero-order valence-corrected chi connectivity index (χ0v) is 10.8. The Morgan fingerprint density at radius 2 is 2.00 bits per heavy atom. The molecule has 98 valence electrons. The van der Waals surface area contributed by atoms with Crippen LogP contribution in [-0.4, -0.2) is 16.0 Å². The van der Waals surface area contributed by atoms with Gasteiger partial charge in [0.05, 0.1) is 12.3 Å². The summed E-state index contributed by atoms with van der Waals surface area (Å²) in [6, 6.07) is 11.2. The van der Waals surface area contributed by atoms with Crippen molar-refractivity contribution in [3.05, 3.63) is 65.0 Å². The molecule has 0 aliphatic rings. The molecule has 0 atom stereocenters. The average molecular weight is 256 g/mol. The van der Waals surface area contributed by atoms with Gasteiger partial charge in [-0.05, 0) is 24.6 Å². The van der Waals surface area contributed by atoms with Crippen LogP contribution in [0.25, 0.3) is 0 Å². The van der Waals surface area contributed by atoms with Gasteiger partial charge >= 0.3 is 0 Å². The Kier molecular flexibility index (Phi) is 4.26. The summed E-state index contributed by atoms with van der Waals surface area (Å²) in [6.45, 7) is 2.34. The fraction of sp³-hybridized carbons (Fsp3) is 0.200. The molecular formula is C15H16N2O2. The van der Waals surface area contributed by atoms with E-state index in [0.29, 0.717) is 17.8 Å². The van der Waals surface area contributed by atoms with Crippen molar-refractivity contribution in [1.29, 1.82) is 0 Å². The number of hydrogen-bond acceptors (Lipinski definition) is 3. The van der Waals surface area contributed by atoms with Gasteiger partial charge in [-0.2, -0.15) is 0 Å². The molecule has 1 aromatic heterocycles. The highest BCUT2D eigenvalue weighted by molar-refractivity contribution is 5.94. The Morgan fingerprint density at radius 1 is 1.26 bits per heavy atom. The van der Waals surface area contributed by atoms with Crippen molar-refractivity contribution in [2.45, 2.75) is 20.1 Å². The van der Waals surface area contributed by atoms with Gasteiger partial charge in [-0.1, -0.05) is 29.8 Å². The van der Waals surface area contributed by atoms with Gasteiger partial charge in [-0.3, -0.25) is 9.78 Å². The number of aliphatic hydroxyl groups is 1. The van der Waals surface area contributed by atoms with E-state index in [4.69, 9.17) is 5.11 Å². The summed E-state index contributed by atoms with van der Waals surface area (Å²) in [5.74, 6) is -0.169. The van der Waals surface area contributed by atoms with Gasteiger partial charge in [0, 0.05) is 18.3 Å². The second-order valence-corrected chi connectivity index (χ2v) is 4.36. The molecule has 0 radical (unpaired) electrons. The Morgan fingerprint density at radius 3 is 2.68 bits per heavy atom. The first-order valence-corrected chi connectivity index (χ1v) is 6.08. The number of nitrogens with one attached hydrogen (secondary N) is 1. The third kappa shape index (κ3) is 3.63. The molecule has 1 heterocycles. The van der Waals surface area contributed by atoms with Crippen molar-refractivity contribution < 1.29 is 9.90 Å². The predicted octanol–water partition coefficient (Wildman–Crippen LogP) is 1.81. The van der Waals surface area contributed by atoms with E-state index in [2.05, 4.69) is 10.3 Å². The maximum atomic E-state index is 11.9. The number of carbonyl (C=O) groups excluding carboxylic acids is 1. The summed E-state index contributed by atoms with van der Waals surface area (Å²) in [5.41, 5.74) is 3.24. The molecule has 0 saturated carbocycles. The van der Waals surface area contributed by atoms with Crippen LogP contribution in [0.5, 0.6) is 0 Å². The fourth-order valence-electron chi connectivity index (χ4n) is 1.70.